The molecule has 0 saturated heterocycles. The molecule has 2 rings (SSSR count). The quantitative estimate of drug-likeness (QED) is 0.791. The van der Waals surface area contributed by atoms with Gasteiger partial charge in [-0.3, -0.25) is 0 Å². The SMILES string of the molecule is CCCC(CCN)CCCN1CCCOc2ccccc21. The van der Waals surface area contributed by atoms with E-state index in [2.05, 4.69) is 36.1 Å². The molecule has 1 unspecified atom stereocenters. The average Bonchev–Trinajstić information content (AvgIpc) is 2.70. The van der Waals surface area contributed by atoms with Crippen molar-refractivity contribution in [2.45, 2.75) is 45.4 Å². The molecule has 0 bridgehead atoms. The van der Waals surface area contributed by atoms with Crippen molar-refractivity contribution in [2.75, 3.05) is 31.1 Å². The zero-order valence-electron chi connectivity index (χ0n) is 13.4. The first-order chi connectivity index (χ1) is 10.3. The van der Waals surface area contributed by atoms with Crippen LogP contribution >= 0.6 is 0 Å². The summed E-state index contributed by atoms with van der Waals surface area (Å²) in [5, 5.41) is 0. The van der Waals surface area contributed by atoms with Gasteiger partial charge in [-0.05, 0) is 50.3 Å². The van der Waals surface area contributed by atoms with Crippen LogP contribution in [-0.2, 0) is 0 Å². The minimum atomic E-state index is 0.804. The number of anilines is 1. The van der Waals surface area contributed by atoms with Gasteiger partial charge in [-0.1, -0.05) is 31.9 Å². The van der Waals surface area contributed by atoms with Gasteiger partial charge in [0.1, 0.15) is 5.75 Å². The molecule has 2 N–H and O–H groups in total. The van der Waals surface area contributed by atoms with E-state index in [1.807, 2.05) is 0 Å². The second kappa shape index (κ2) is 8.93. The first-order valence-electron chi connectivity index (χ1n) is 8.52. The molecule has 1 aliphatic heterocycles. The lowest BCUT2D eigenvalue weighted by molar-refractivity contribution is 0.322. The predicted octanol–water partition coefficient (Wildman–Crippen LogP) is 3.82. The molecule has 118 valence electrons. The minimum absolute atomic E-state index is 0.804. The number of nitrogens with two attached hydrogens (primary N) is 1. The van der Waals surface area contributed by atoms with Crippen molar-refractivity contribution in [1.82, 2.24) is 0 Å². The number of ether oxygens (including phenoxy) is 1. The molecule has 1 aliphatic rings. The lowest BCUT2D eigenvalue weighted by atomic mass is 9.94. The van der Waals surface area contributed by atoms with Crippen LogP contribution < -0.4 is 15.4 Å². The predicted molar refractivity (Wildman–Crippen MR) is 90.1 cm³/mol. The Morgan fingerprint density at radius 2 is 2.10 bits per heavy atom. The van der Waals surface area contributed by atoms with Crippen LogP contribution in [0.1, 0.15) is 45.4 Å². The standard InChI is InChI=1S/C18H30N2O/c1-2-7-16(11-12-19)8-5-13-20-14-6-15-21-18-10-4-3-9-17(18)20/h3-4,9-10,16H,2,5-8,11-15,19H2,1H3. The van der Waals surface area contributed by atoms with E-state index in [1.54, 1.807) is 0 Å². The number of hydrogen-bond acceptors (Lipinski definition) is 3. The fraction of sp³-hybridized carbons (Fsp3) is 0.667. The molecule has 0 radical (unpaired) electrons. The summed E-state index contributed by atoms with van der Waals surface area (Å²) in [4.78, 5) is 2.49. The van der Waals surface area contributed by atoms with Crippen molar-refractivity contribution in [1.29, 1.82) is 0 Å². The monoisotopic (exact) mass is 290 g/mol. The smallest absolute Gasteiger partial charge is 0.142 e. The van der Waals surface area contributed by atoms with Crippen LogP contribution in [0.2, 0.25) is 0 Å². The molecule has 21 heavy (non-hydrogen) atoms. The maximum Gasteiger partial charge on any atom is 0.142 e. The minimum Gasteiger partial charge on any atom is -0.491 e. The Labute approximate surface area is 129 Å². The van der Waals surface area contributed by atoms with Gasteiger partial charge in [-0.2, -0.15) is 0 Å². The molecule has 0 saturated carbocycles. The number of rotatable bonds is 8. The van der Waals surface area contributed by atoms with Crippen molar-refractivity contribution < 1.29 is 4.74 Å². The van der Waals surface area contributed by atoms with Crippen LogP contribution in [0.15, 0.2) is 24.3 Å². The molecule has 1 aromatic rings. The average molecular weight is 290 g/mol. The van der Waals surface area contributed by atoms with Crippen molar-refractivity contribution in [3.05, 3.63) is 24.3 Å². The summed E-state index contributed by atoms with van der Waals surface area (Å²) in [6.07, 6.45) is 7.41. The highest BCUT2D eigenvalue weighted by Crippen LogP contribution is 2.31. The van der Waals surface area contributed by atoms with E-state index in [1.165, 1.54) is 37.8 Å². The molecule has 0 fully saturated rings. The van der Waals surface area contributed by atoms with E-state index in [0.29, 0.717) is 0 Å². The van der Waals surface area contributed by atoms with E-state index in [4.69, 9.17) is 10.5 Å². The van der Waals surface area contributed by atoms with Gasteiger partial charge in [0.05, 0.1) is 12.3 Å². The first-order valence-corrected chi connectivity index (χ1v) is 8.52. The third-order valence-corrected chi connectivity index (χ3v) is 4.35. The molecule has 3 nitrogen and oxygen atoms in total. The summed E-state index contributed by atoms with van der Waals surface area (Å²) in [7, 11) is 0. The number of nitrogens with zero attached hydrogens (tertiary/aromatic N) is 1. The van der Waals surface area contributed by atoms with Crippen molar-refractivity contribution in [3.8, 4) is 5.75 Å². The van der Waals surface area contributed by atoms with E-state index in [0.717, 1.165) is 44.3 Å². The third-order valence-electron chi connectivity index (χ3n) is 4.35. The summed E-state index contributed by atoms with van der Waals surface area (Å²) >= 11 is 0. The first kappa shape index (κ1) is 16.2. The van der Waals surface area contributed by atoms with E-state index in [9.17, 15) is 0 Å². The van der Waals surface area contributed by atoms with Gasteiger partial charge in [0.15, 0.2) is 0 Å². The van der Waals surface area contributed by atoms with Crippen LogP contribution in [-0.4, -0.2) is 26.2 Å². The van der Waals surface area contributed by atoms with E-state index < -0.39 is 0 Å². The van der Waals surface area contributed by atoms with E-state index in [-0.39, 0.29) is 0 Å². The van der Waals surface area contributed by atoms with Crippen LogP contribution in [0.3, 0.4) is 0 Å². The van der Waals surface area contributed by atoms with Gasteiger partial charge in [0, 0.05) is 13.1 Å². The summed E-state index contributed by atoms with van der Waals surface area (Å²) < 4.78 is 5.83. The topological polar surface area (TPSA) is 38.5 Å². The highest BCUT2D eigenvalue weighted by atomic mass is 16.5. The zero-order valence-corrected chi connectivity index (χ0v) is 13.4. The fourth-order valence-corrected chi connectivity index (χ4v) is 3.28. The van der Waals surface area contributed by atoms with Gasteiger partial charge in [0.25, 0.3) is 0 Å². The van der Waals surface area contributed by atoms with Gasteiger partial charge < -0.3 is 15.4 Å². The molecule has 1 heterocycles. The molecule has 1 aromatic carbocycles. The van der Waals surface area contributed by atoms with Gasteiger partial charge in [-0.25, -0.2) is 0 Å². The largest absolute Gasteiger partial charge is 0.491 e. The Kier molecular flexibility index (Phi) is 6.87. The molecular formula is C18H30N2O. The lowest BCUT2D eigenvalue weighted by Crippen LogP contribution is -2.25. The molecule has 0 aromatic heterocycles. The van der Waals surface area contributed by atoms with Crippen LogP contribution in [0, 0.1) is 5.92 Å². The number of fused-ring (bicyclic) bond motifs is 1. The lowest BCUT2D eigenvalue weighted by Gasteiger charge is -2.25. The highest BCUT2D eigenvalue weighted by molar-refractivity contribution is 5.58. The normalized spacial score (nSPS) is 16.0. The fourth-order valence-electron chi connectivity index (χ4n) is 3.28. The summed E-state index contributed by atoms with van der Waals surface area (Å²) in [6, 6.07) is 8.43. The van der Waals surface area contributed by atoms with Crippen molar-refractivity contribution in [3.63, 3.8) is 0 Å². The number of para-hydroxylation sites is 2. The number of benzene rings is 1. The van der Waals surface area contributed by atoms with E-state index >= 15 is 0 Å². The summed E-state index contributed by atoms with van der Waals surface area (Å²) in [6.45, 7) is 6.16. The molecule has 0 amide bonds. The Hall–Kier alpha value is -1.22. The highest BCUT2D eigenvalue weighted by Gasteiger charge is 2.16. The number of hydrogen-bond donors (Lipinski definition) is 1. The van der Waals surface area contributed by atoms with Gasteiger partial charge in [0.2, 0.25) is 0 Å². The summed E-state index contributed by atoms with van der Waals surface area (Å²) in [5.41, 5.74) is 7.00. The molecule has 0 aliphatic carbocycles. The second-order valence-corrected chi connectivity index (χ2v) is 6.03. The van der Waals surface area contributed by atoms with Gasteiger partial charge in [-0.15, -0.1) is 0 Å². The van der Waals surface area contributed by atoms with Crippen LogP contribution in [0.5, 0.6) is 5.75 Å². The molecule has 0 spiro atoms. The second-order valence-electron chi connectivity index (χ2n) is 6.03. The van der Waals surface area contributed by atoms with Crippen LogP contribution in [0.4, 0.5) is 5.69 Å². The molecule has 1 atom stereocenters. The third kappa shape index (κ3) is 4.92. The zero-order chi connectivity index (χ0) is 14.9. The van der Waals surface area contributed by atoms with Crippen molar-refractivity contribution >= 4 is 5.69 Å². The Morgan fingerprint density at radius 3 is 2.90 bits per heavy atom. The Morgan fingerprint density at radius 1 is 1.24 bits per heavy atom. The maximum absolute atomic E-state index is 5.83. The molecular weight excluding hydrogens is 260 g/mol. The van der Waals surface area contributed by atoms with Gasteiger partial charge >= 0.3 is 0 Å². The summed E-state index contributed by atoms with van der Waals surface area (Å²) in [5.74, 6) is 1.85. The Bertz CT molecular complexity index is 402. The molecule has 3 heteroatoms. The maximum atomic E-state index is 5.83. The van der Waals surface area contributed by atoms with Crippen LogP contribution in [0.25, 0.3) is 0 Å². The van der Waals surface area contributed by atoms with Crippen molar-refractivity contribution in [2.24, 2.45) is 11.7 Å². The Balaban J connectivity index is 1.87.